The van der Waals surface area contributed by atoms with Gasteiger partial charge in [0.05, 0.1) is 6.54 Å². The van der Waals surface area contributed by atoms with Gasteiger partial charge >= 0.3 is 0 Å². The molecule has 0 unspecified atom stereocenters. The fraction of sp³-hybridized carbons (Fsp3) is 0.381. The van der Waals surface area contributed by atoms with Crippen molar-refractivity contribution in [1.29, 1.82) is 0 Å². The highest BCUT2D eigenvalue weighted by Gasteiger charge is 2.18. The van der Waals surface area contributed by atoms with Crippen LogP contribution in [0.4, 0.5) is 14.5 Å². The van der Waals surface area contributed by atoms with Crippen molar-refractivity contribution < 1.29 is 8.78 Å². The van der Waals surface area contributed by atoms with Gasteiger partial charge in [0.1, 0.15) is 11.6 Å². The van der Waals surface area contributed by atoms with Gasteiger partial charge in [0, 0.05) is 44.0 Å². The van der Waals surface area contributed by atoms with E-state index in [-0.39, 0.29) is 35.6 Å². The Bertz CT molecular complexity index is 818. The second-order valence-corrected chi connectivity index (χ2v) is 7.29. The Morgan fingerprint density at radius 3 is 2.31 bits per heavy atom. The van der Waals surface area contributed by atoms with E-state index in [1.807, 2.05) is 30.0 Å². The molecule has 1 fully saturated rings. The minimum absolute atomic E-state index is 0. The van der Waals surface area contributed by atoms with E-state index in [0.717, 1.165) is 37.4 Å². The Hall–Kier alpha value is -1.94. The van der Waals surface area contributed by atoms with Crippen molar-refractivity contribution in [2.24, 2.45) is 10.7 Å². The smallest absolute Gasteiger partial charge is 0.191 e. The van der Waals surface area contributed by atoms with Crippen molar-refractivity contribution >= 4 is 35.6 Å². The maximum absolute atomic E-state index is 13.9. The van der Waals surface area contributed by atoms with Crippen LogP contribution in [0.5, 0.6) is 0 Å². The number of hydrogen-bond donors (Lipinski definition) is 1. The number of aliphatic imine (C=N–C) groups is 1. The molecule has 0 aromatic heterocycles. The lowest BCUT2D eigenvalue weighted by atomic mass is 10.1. The molecule has 2 aromatic carbocycles. The van der Waals surface area contributed by atoms with Crippen LogP contribution in [0.15, 0.2) is 47.5 Å². The number of nitrogens with two attached hydrogens (primary N) is 1. The number of nitrogens with zero attached hydrogens (tertiary/aromatic N) is 4. The topological polar surface area (TPSA) is 48.1 Å². The van der Waals surface area contributed by atoms with Crippen LogP contribution in [0.25, 0.3) is 0 Å². The molecule has 5 nitrogen and oxygen atoms in total. The van der Waals surface area contributed by atoms with E-state index in [9.17, 15) is 8.78 Å². The highest BCUT2D eigenvalue weighted by atomic mass is 127. The summed E-state index contributed by atoms with van der Waals surface area (Å²) >= 11 is 0. The van der Waals surface area contributed by atoms with E-state index in [1.165, 1.54) is 18.2 Å². The average molecular weight is 515 g/mol. The quantitative estimate of drug-likeness (QED) is 0.378. The van der Waals surface area contributed by atoms with Gasteiger partial charge < -0.3 is 20.4 Å². The zero-order valence-electron chi connectivity index (χ0n) is 16.8. The van der Waals surface area contributed by atoms with Gasteiger partial charge in [-0.05, 0) is 56.1 Å². The van der Waals surface area contributed by atoms with Crippen LogP contribution in [0, 0.1) is 11.6 Å². The van der Waals surface area contributed by atoms with Crippen LogP contribution in [0.1, 0.15) is 11.1 Å². The van der Waals surface area contributed by atoms with Crippen LogP contribution in [0.3, 0.4) is 0 Å². The molecule has 158 valence electrons. The van der Waals surface area contributed by atoms with E-state index < -0.39 is 0 Å². The van der Waals surface area contributed by atoms with E-state index in [4.69, 9.17) is 5.73 Å². The summed E-state index contributed by atoms with van der Waals surface area (Å²) < 4.78 is 27.0. The molecule has 1 saturated heterocycles. The van der Waals surface area contributed by atoms with Crippen molar-refractivity contribution in [3.8, 4) is 0 Å². The third-order valence-electron chi connectivity index (χ3n) is 4.82. The number of benzene rings is 2. The molecule has 0 aliphatic carbocycles. The normalized spacial score (nSPS) is 14.9. The maximum atomic E-state index is 13.9. The lowest BCUT2D eigenvalue weighted by molar-refractivity contribution is 0.380. The summed E-state index contributed by atoms with van der Waals surface area (Å²) in [5, 5.41) is 0. The molecule has 1 aliphatic rings. The average Bonchev–Trinajstić information content (AvgIpc) is 2.69. The lowest BCUT2D eigenvalue weighted by Gasteiger charge is -2.36. The third-order valence-corrected chi connectivity index (χ3v) is 4.82. The molecule has 1 heterocycles. The lowest BCUT2D eigenvalue weighted by Crippen LogP contribution is -2.51. The molecule has 3 rings (SSSR count). The first-order valence-corrected chi connectivity index (χ1v) is 9.40. The molecule has 29 heavy (non-hydrogen) atoms. The predicted molar refractivity (Wildman–Crippen MR) is 125 cm³/mol. The van der Waals surface area contributed by atoms with Crippen molar-refractivity contribution in [2.75, 3.05) is 45.2 Å². The molecule has 0 spiro atoms. The molecule has 1 aliphatic heterocycles. The van der Waals surface area contributed by atoms with Gasteiger partial charge in [-0.1, -0.05) is 6.07 Å². The van der Waals surface area contributed by atoms with Crippen molar-refractivity contribution in [2.45, 2.75) is 13.1 Å². The van der Waals surface area contributed by atoms with E-state index in [2.05, 4.69) is 9.89 Å². The van der Waals surface area contributed by atoms with Crippen LogP contribution >= 0.6 is 24.0 Å². The molecular formula is C21H28F2IN5. The molecule has 0 bridgehead atoms. The highest BCUT2D eigenvalue weighted by molar-refractivity contribution is 14.0. The largest absolute Gasteiger partial charge is 0.370 e. The van der Waals surface area contributed by atoms with Gasteiger partial charge in [-0.25, -0.2) is 13.8 Å². The Labute approximate surface area is 188 Å². The van der Waals surface area contributed by atoms with E-state index >= 15 is 0 Å². The Morgan fingerprint density at radius 2 is 1.69 bits per heavy atom. The minimum atomic E-state index is -0.228. The molecule has 0 radical (unpaired) electrons. The third kappa shape index (κ3) is 6.53. The summed E-state index contributed by atoms with van der Waals surface area (Å²) in [7, 11) is 3.82. The Morgan fingerprint density at radius 1 is 1.03 bits per heavy atom. The molecule has 0 amide bonds. The number of piperazine rings is 1. The number of anilines is 1. The number of guanidine groups is 1. The van der Waals surface area contributed by atoms with Crippen molar-refractivity contribution in [3.63, 3.8) is 0 Å². The zero-order valence-corrected chi connectivity index (χ0v) is 19.1. The molecule has 2 aromatic rings. The van der Waals surface area contributed by atoms with Gasteiger partial charge in [-0.3, -0.25) is 0 Å². The van der Waals surface area contributed by atoms with Crippen LogP contribution in [0.2, 0.25) is 0 Å². The summed E-state index contributed by atoms with van der Waals surface area (Å²) in [5.74, 6) is 0.0665. The maximum Gasteiger partial charge on any atom is 0.191 e. The van der Waals surface area contributed by atoms with Gasteiger partial charge in [-0.2, -0.15) is 0 Å². The molecular weight excluding hydrogens is 487 g/mol. The second-order valence-electron chi connectivity index (χ2n) is 7.29. The Kier molecular flexibility index (Phi) is 8.63. The number of halogens is 3. The summed E-state index contributed by atoms with van der Waals surface area (Å²) in [5.41, 5.74) is 8.78. The summed E-state index contributed by atoms with van der Waals surface area (Å²) in [6, 6.07) is 11.6. The first-order valence-electron chi connectivity index (χ1n) is 9.40. The minimum Gasteiger partial charge on any atom is -0.370 e. The molecule has 0 atom stereocenters. The Balaban J connectivity index is 0.00000300. The fourth-order valence-electron chi connectivity index (χ4n) is 3.31. The second kappa shape index (κ2) is 10.7. The monoisotopic (exact) mass is 515 g/mol. The van der Waals surface area contributed by atoms with Gasteiger partial charge in [-0.15, -0.1) is 24.0 Å². The summed E-state index contributed by atoms with van der Waals surface area (Å²) in [6.45, 7) is 4.07. The van der Waals surface area contributed by atoms with Crippen LogP contribution in [-0.2, 0) is 13.1 Å². The molecule has 8 heteroatoms. The predicted octanol–water partition coefficient (Wildman–Crippen LogP) is 3.28. The first kappa shape index (κ1) is 23.3. The van der Waals surface area contributed by atoms with Gasteiger partial charge in [0.25, 0.3) is 0 Å². The SMILES string of the molecule is CN(C)Cc1cc(CN=C(N)N2CCN(c3ccc(F)cc3)CC2)ccc1F.I. The first-order chi connectivity index (χ1) is 13.4. The number of rotatable bonds is 5. The van der Waals surface area contributed by atoms with Crippen molar-refractivity contribution in [1.82, 2.24) is 9.80 Å². The highest BCUT2D eigenvalue weighted by Crippen LogP contribution is 2.17. The zero-order chi connectivity index (χ0) is 20.1. The van der Waals surface area contributed by atoms with Gasteiger partial charge in [0.15, 0.2) is 5.96 Å². The van der Waals surface area contributed by atoms with E-state index in [1.54, 1.807) is 18.2 Å². The van der Waals surface area contributed by atoms with Crippen LogP contribution < -0.4 is 10.6 Å². The molecule has 2 N–H and O–H groups in total. The van der Waals surface area contributed by atoms with Crippen LogP contribution in [-0.4, -0.2) is 56.0 Å². The fourth-order valence-corrected chi connectivity index (χ4v) is 3.31. The molecule has 0 saturated carbocycles. The van der Waals surface area contributed by atoms with E-state index in [0.29, 0.717) is 24.6 Å². The van der Waals surface area contributed by atoms with Crippen molar-refractivity contribution in [3.05, 3.63) is 65.2 Å². The standard InChI is InChI=1S/C21H27F2N5.HI/c1-26(2)15-17-13-16(3-8-20(17)23)14-25-21(24)28-11-9-27(10-12-28)19-6-4-18(22)5-7-19;/h3-8,13H,9-12,14-15H2,1-2H3,(H2,24,25);1H. The number of hydrogen-bond acceptors (Lipinski definition) is 3. The summed E-state index contributed by atoms with van der Waals surface area (Å²) in [6.07, 6.45) is 0. The van der Waals surface area contributed by atoms with Gasteiger partial charge in [0.2, 0.25) is 0 Å². The summed E-state index contributed by atoms with van der Waals surface area (Å²) in [4.78, 5) is 10.7.